The van der Waals surface area contributed by atoms with Crippen LogP contribution in [0.15, 0.2) is 72.8 Å². The molecule has 0 aliphatic carbocycles. The quantitative estimate of drug-likeness (QED) is 0.103. The minimum absolute atomic E-state index is 0.0930. The molecule has 0 N–H and O–H groups in total. The Labute approximate surface area is 229 Å². The molecule has 0 spiro atoms. The lowest BCUT2D eigenvalue weighted by molar-refractivity contribution is -0.139. The number of fused-ring (bicyclic) bond motifs is 2. The molecule has 0 unspecified atom stereocenters. The van der Waals surface area contributed by atoms with Gasteiger partial charge in [-0.15, -0.1) is 0 Å². The van der Waals surface area contributed by atoms with E-state index in [1.807, 2.05) is 38.1 Å². The van der Waals surface area contributed by atoms with Gasteiger partial charge in [-0.05, 0) is 122 Å². The van der Waals surface area contributed by atoms with Crippen LogP contribution < -0.4 is 0 Å². The molecule has 0 saturated carbocycles. The monoisotopic (exact) mass is 634 g/mol. The minimum Gasteiger partial charge on any atom is -0.166 e. The molecule has 0 saturated heterocycles. The van der Waals surface area contributed by atoms with Gasteiger partial charge in [-0.25, -0.2) is 0 Å². The number of rotatable bonds is 2. The molecule has 0 fully saturated rings. The molecule has 0 heterocycles. The van der Waals surface area contributed by atoms with E-state index in [-0.39, 0.29) is 9.13 Å². The fourth-order valence-electron chi connectivity index (χ4n) is 5.04. The van der Waals surface area contributed by atoms with E-state index >= 15 is 0 Å². The molecule has 0 radical (unpaired) electrons. The molecule has 5 aromatic carbocycles. The summed E-state index contributed by atoms with van der Waals surface area (Å²) in [4.78, 5) is 0. The molecule has 7 heteroatoms. The van der Waals surface area contributed by atoms with Crippen LogP contribution >= 0.6 is 22.6 Å². The molecule has 38 heavy (non-hydrogen) atoms. The SMILES string of the molecule is Cc1cc2c(-c3ccc(C)c(C(F)(F)F)c3)c3ccccc3c(-c3ccc(I)c(C(F)(F)F)c3)c2cc1C. The van der Waals surface area contributed by atoms with Crippen LogP contribution in [0.2, 0.25) is 0 Å². The van der Waals surface area contributed by atoms with Crippen LogP contribution in [0.3, 0.4) is 0 Å². The van der Waals surface area contributed by atoms with Gasteiger partial charge in [-0.2, -0.15) is 26.3 Å². The second kappa shape index (κ2) is 9.29. The molecule has 0 atom stereocenters. The second-order valence-electron chi connectivity index (χ2n) is 9.50. The average Bonchev–Trinajstić information content (AvgIpc) is 2.83. The highest BCUT2D eigenvalue weighted by atomic mass is 127. The van der Waals surface area contributed by atoms with Gasteiger partial charge in [0.25, 0.3) is 0 Å². The van der Waals surface area contributed by atoms with Gasteiger partial charge >= 0.3 is 12.4 Å². The van der Waals surface area contributed by atoms with E-state index in [2.05, 4.69) is 0 Å². The van der Waals surface area contributed by atoms with Crippen LogP contribution in [-0.2, 0) is 12.4 Å². The van der Waals surface area contributed by atoms with E-state index < -0.39 is 23.5 Å². The molecular formula is C31H21F6I. The first kappa shape index (κ1) is 26.5. The summed E-state index contributed by atoms with van der Waals surface area (Å²) in [5, 5.41) is 2.71. The van der Waals surface area contributed by atoms with Gasteiger partial charge in [0.1, 0.15) is 0 Å². The highest BCUT2D eigenvalue weighted by Gasteiger charge is 2.34. The van der Waals surface area contributed by atoms with Crippen molar-refractivity contribution in [1.82, 2.24) is 0 Å². The number of benzene rings is 5. The Hall–Kier alpha value is -3.07. The van der Waals surface area contributed by atoms with Crippen LogP contribution in [0, 0.1) is 24.3 Å². The van der Waals surface area contributed by atoms with Crippen molar-refractivity contribution >= 4 is 44.1 Å². The van der Waals surface area contributed by atoms with Crippen molar-refractivity contribution in [2.45, 2.75) is 33.1 Å². The third-order valence-corrected chi connectivity index (χ3v) is 7.97. The molecule has 5 aromatic rings. The maximum absolute atomic E-state index is 13.8. The lowest BCUT2D eigenvalue weighted by atomic mass is 9.84. The van der Waals surface area contributed by atoms with Crippen LogP contribution in [-0.4, -0.2) is 0 Å². The van der Waals surface area contributed by atoms with Gasteiger partial charge < -0.3 is 0 Å². The van der Waals surface area contributed by atoms with E-state index in [1.165, 1.54) is 19.1 Å². The Balaban J connectivity index is 1.96. The van der Waals surface area contributed by atoms with Gasteiger partial charge in [-0.3, -0.25) is 0 Å². The fourth-order valence-corrected chi connectivity index (χ4v) is 5.68. The topological polar surface area (TPSA) is 0 Å². The van der Waals surface area contributed by atoms with Crippen LogP contribution in [0.4, 0.5) is 26.3 Å². The second-order valence-corrected chi connectivity index (χ2v) is 10.7. The van der Waals surface area contributed by atoms with Gasteiger partial charge in [0.15, 0.2) is 0 Å². The molecule has 0 nitrogen and oxygen atoms in total. The summed E-state index contributed by atoms with van der Waals surface area (Å²) in [6, 6.07) is 19.6. The summed E-state index contributed by atoms with van der Waals surface area (Å²) >= 11 is 1.68. The van der Waals surface area contributed by atoms with Crippen molar-refractivity contribution in [3.63, 3.8) is 0 Å². The highest BCUT2D eigenvalue weighted by Crippen LogP contribution is 2.46. The summed E-state index contributed by atoms with van der Waals surface area (Å²) in [7, 11) is 0. The lowest BCUT2D eigenvalue weighted by Gasteiger charge is -2.21. The zero-order valence-electron chi connectivity index (χ0n) is 20.6. The molecule has 0 aliphatic heterocycles. The van der Waals surface area contributed by atoms with Gasteiger partial charge in [0.2, 0.25) is 0 Å². The van der Waals surface area contributed by atoms with E-state index in [9.17, 15) is 26.3 Å². The third-order valence-electron chi connectivity index (χ3n) is 7.03. The van der Waals surface area contributed by atoms with Gasteiger partial charge in [0, 0.05) is 3.57 Å². The lowest BCUT2D eigenvalue weighted by Crippen LogP contribution is -2.08. The largest absolute Gasteiger partial charge is 0.417 e. The smallest absolute Gasteiger partial charge is 0.166 e. The predicted octanol–water partition coefficient (Wildman–Crippen LogP) is 10.9. The van der Waals surface area contributed by atoms with Crippen LogP contribution in [0.25, 0.3) is 43.8 Å². The summed E-state index contributed by atoms with van der Waals surface area (Å²) in [5.74, 6) is 0. The number of halogens is 7. The van der Waals surface area contributed by atoms with E-state index in [0.29, 0.717) is 43.8 Å². The van der Waals surface area contributed by atoms with E-state index in [1.54, 1.807) is 46.9 Å². The highest BCUT2D eigenvalue weighted by molar-refractivity contribution is 14.1. The van der Waals surface area contributed by atoms with Crippen molar-refractivity contribution in [1.29, 1.82) is 0 Å². The summed E-state index contributed by atoms with van der Waals surface area (Å²) < 4.78 is 83.2. The molecule has 5 rings (SSSR count). The normalized spacial score (nSPS) is 12.5. The number of hydrogen-bond acceptors (Lipinski definition) is 0. The molecule has 0 aliphatic rings. The van der Waals surface area contributed by atoms with Crippen LogP contribution in [0.1, 0.15) is 27.8 Å². The van der Waals surface area contributed by atoms with Crippen LogP contribution in [0.5, 0.6) is 0 Å². The molecule has 0 bridgehead atoms. The van der Waals surface area contributed by atoms with Gasteiger partial charge in [-0.1, -0.05) is 54.6 Å². The molecular weight excluding hydrogens is 613 g/mol. The fraction of sp³-hybridized carbons (Fsp3) is 0.161. The van der Waals surface area contributed by atoms with Crippen molar-refractivity contribution in [2.24, 2.45) is 0 Å². The van der Waals surface area contributed by atoms with Gasteiger partial charge in [0.05, 0.1) is 11.1 Å². The predicted molar refractivity (Wildman–Crippen MR) is 149 cm³/mol. The molecule has 0 aromatic heterocycles. The Morgan fingerprint density at radius 2 is 0.947 bits per heavy atom. The maximum Gasteiger partial charge on any atom is 0.417 e. The first-order valence-corrected chi connectivity index (χ1v) is 12.9. The van der Waals surface area contributed by atoms with Crippen molar-refractivity contribution in [3.8, 4) is 22.3 Å². The summed E-state index contributed by atoms with van der Waals surface area (Å²) in [6.07, 6.45) is -9.05. The number of aryl methyl sites for hydroxylation is 3. The number of hydrogen-bond donors (Lipinski definition) is 0. The Kier molecular flexibility index (Phi) is 6.49. The Bertz CT molecular complexity index is 1600. The number of alkyl halides is 6. The standard InChI is InChI=1S/C31H21F6I/c1-16-8-9-19(14-25(16)30(32,33)34)28-21-6-4-5-7-22(21)29(24-13-18(3)17(2)12-23(24)28)20-10-11-27(38)26(15-20)31(35,36)37/h4-15H,1-3H3. The maximum atomic E-state index is 13.8. The van der Waals surface area contributed by atoms with Crippen molar-refractivity contribution < 1.29 is 26.3 Å². The first-order chi connectivity index (χ1) is 17.8. The molecule has 0 amide bonds. The average molecular weight is 634 g/mol. The third kappa shape index (κ3) is 4.55. The van der Waals surface area contributed by atoms with E-state index in [4.69, 9.17) is 0 Å². The summed E-state index contributed by atoms with van der Waals surface area (Å²) in [6.45, 7) is 5.25. The zero-order chi connectivity index (χ0) is 27.6. The zero-order valence-corrected chi connectivity index (χ0v) is 22.7. The Morgan fingerprint density at radius 1 is 0.500 bits per heavy atom. The summed E-state index contributed by atoms with van der Waals surface area (Å²) in [5.41, 5.74) is 2.58. The molecule has 194 valence electrons. The first-order valence-electron chi connectivity index (χ1n) is 11.8. The van der Waals surface area contributed by atoms with Crippen molar-refractivity contribution in [3.05, 3.63) is 104 Å². The Morgan fingerprint density at radius 3 is 1.42 bits per heavy atom. The van der Waals surface area contributed by atoms with E-state index in [0.717, 1.165) is 23.3 Å². The van der Waals surface area contributed by atoms with Crippen molar-refractivity contribution in [2.75, 3.05) is 0 Å². The minimum atomic E-state index is -4.53.